The fourth-order valence-electron chi connectivity index (χ4n) is 2.98. The lowest BCUT2D eigenvalue weighted by molar-refractivity contribution is 0.0887. The first-order valence-electron chi connectivity index (χ1n) is 8.54. The van der Waals surface area contributed by atoms with Crippen molar-refractivity contribution in [3.8, 4) is 0 Å². The van der Waals surface area contributed by atoms with Crippen molar-refractivity contribution in [2.45, 2.75) is 26.4 Å². The van der Waals surface area contributed by atoms with Gasteiger partial charge in [0.2, 0.25) is 0 Å². The first kappa shape index (κ1) is 17.8. The fraction of sp³-hybridized carbons (Fsp3) is 0.611. The van der Waals surface area contributed by atoms with Crippen LogP contribution in [0.4, 0.5) is 4.79 Å². The van der Waals surface area contributed by atoms with Gasteiger partial charge in [-0.05, 0) is 18.5 Å². The summed E-state index contributed by atoms with van der Waals surface area (Å²) in [5.74, 6) is 0.521. The van der Waals surface area contributed by atoms with Crippen LogP contribution in [0.1, 0.15) is 19.4 Å². The standard InChI is InChI=1S/C18H30N4O/c1-15(2)17(22-11-9-21(3)10-12-22)14-20-18(23)19-13-16-7-5-4-6-8-16/h4-8,15,17H,9-14H2,1-3H3,(H2,19,20,23)/t17-/m0/s1. The SMILES string of the molecule is CC(C)[C@H](CNC(=O)NCc1ccccc1)N1CCN(C)CC1. The first-order valence-corrected chi connectivity index (χ1v) is 8.54. The molecule has 0 saturated carbocycles. The van der Waals surface area contributed by atoms with E-state index in [4.69, 9.17) is 0 Å². The summed E-state index contributed by atoms with van der Waals surface area (Å²) in [7, 11) is 2.16. The van der Waals surface area contributed by atoms with Crippen molar-refractivity contribution in [2.24, 2.45) is 5.92 Å². The predicted octanol–water partition coefficient (Wildman–Crippen LogP) is 1.76. The summed E-state index contributed by atoms with van der Waals surface area (Å²) in [6.45, 7) is 10.1. The molecule has 0 bridgehead atoms. The highest BCUT2D eigenvalue weighted by molar-refractivity contribution is 5.73. The van der Waals surface area contributed by atoms with Gasteiger partial charge in [0.1, 0.15) is 0 Å². The molecule has 5 nitrogen and oxygen atoms in total. The van der Waals surface area contributed by atoms with Gasteiger partial charge in [-0.3, -0.25) is 4.90 Å². The van der Waals surface area contributed by atoms with E-state index in [9.17, 15) is 4.79 Å². The molecule has 23 heavy (non-hydrogen) atoms. The average molecular weight is 318 g/mol. The van der Waals surface area contributed by atoms with E-state index in [0.29, 0.717) is 25.0 Å². The Balaban J connectivity index is 1.76. The van der Waals surface area contributed by atoms with Gasteiger partial charge in [0.05, 0.1) is 0 Å². The number of benzene rings is 1. The van der Waals surface area contributed by atoms with Crippen LogP contribution in [0.2, 0.25) is 0 Å². The monoisotopic (exact) mass is 318 g/mol. The van der Waals surface area contributed by atoms with Gasteiger partial charge in [0.25, 0.3) is 0 Å². The Bertz CT molecular complexity index is 469. The Hall–Kier alpha value is -1.59. The Morgan fingerprint density at radius 3 is 2.35 bits per heavy atom. The molecule has 128 valence electrons. The highest BCUT2D eigenvalue weighted by Crippen LogP contribution is 2.12. The number of hydrogen-bond acceptors (Lipinski definition) is 3. The molecule has 0 radical (unpaired) electrons. The number of carbonyl (C=O) groups excluding carboxylic acids is 1. The van der Waals surface area contributed by atoms with E-state index < -0.39 is 0 Å². The van der Waals surface area contributed by atoms with Gasteiger partial charge < -0.3 is 15.5 Å². The number of amides is 2. The van der Waals surface area contributed by atoms with E-state index in [1.807, 2.05) is 30.3 Å². The van der Waals surface area contributed by atoms with Crippen LogP contribution in [0.5, 0.6) is 0 Å². The zero-order valence-corrected chi connectivity index (χ0v) is 14.6. The zero-order chi connectivity index (χ0) is 16.7. The second-order valence-electron chi connectivity index (χ2n) is 6.70. The van der Waals surface area contributed by atoms with Crippen molar-refractivity contribution in [1.29, 1.82) is 0 Å². The summed E-state index contributed by atoms with van der Waals surface area (Å²) in [6.07, 6.45) is 0. The molecule has 0 spiro atoms. The molecule has 1 heterocycles. The normalized spacial score (nSPS) is 17.9. The van der Waals surface area contributed by atoms with Crippen molar-refractivity contribution in [2.75, 3.05) is 39.8 Å². The summed E-state index contributed by atoms with van der Waals surface area (Å²) in [5, 5.41) is 5.96. The maximum absolute atomic E-state index is 12.0. The van der Waals surface area contributed by atoms with Crippen molar-refractivity contribution < 1.29 is 4.79 Å². The molecule has 2 amide bonds. The number of nitrogens with zero attached hydrogens (tertiary/aromatic N) is 2. The third kappa shape index (κ3) is 5.84. The van der Waals surface area contributed by atoms with E-state index in [2.05, 4.69) is 41.3 Å². The van der Waals surface area contributed by atoms with Crippen LogP contribution in [0, 0.1) is 5.92 Å². The molecule has 0 aliphatic carbocycles. The average Bonchev–Trinajstić information content (AvgIpc) is 2.55. The minimum atomic E-state index is -0.0892. The molecular formula is C18H30N4O. The lowest BCUT2D eigenvalue weighted by atomic mass is 10.0. The molecule has 5 heteroatoms. The molecule has 2 N–H and O–H groups in total. The van der Waals surface area contributed by atoms with Gasteiger partial charge in [-0.25, -0.2) is 4.79 Å². The smallest absolute Gasteiger partial charge is 0.315 e. The Morgan fingerprint density at radius 1 is 1.09 bits per heavy atom. The number of likely N-dealkylation sites (N-methyl/N-ethyl adjacent to an activating group) is 1. The number of carbonyl (C=O) groups is 1. The molecule has 0 aromatic heterocycles. The predicted molar refractivity (Wildman–Crippen MR) is 94.4 cm³/mol. The molecule has 0 unspecified atom stereocenters. The summed E-state index contributed by atoms with van der Waals surface area (Å²) in [6, 6.07) is 10.3. The molecule has 1 aliphatic heterocycles. The first-order chi connectivity index (χ1) is 11.1. The third-order valence-electron chi connectivity index (χ3n) is 4.54. The van der Waals surface area contributed by atoms with Crippen LogP contribution in [-0.2, 0) is 6.54 Å². The van der Waals surface area contributed by atoms with Gasteiger partial charge >= 0.3 is 6.03 Å². The van der Waals surface area contributed by atoms with Crippen molar-refractivity contribution in [1.82, 2.24) is 20.4 Å². The van der Waals surface area contributed by atoms with Crippen molar-refractivity contribution in [3.63, 3.8) is 0 Å². The minimum absolute atomic E-state index is 0.0892. The lowest BCUT2D eigenvalue weighted by Gasteiger charge is -2.39. The Labute approximate surface area is 140 Å². The maximum Gasteiger partial charge on any atom is 0.315 e. The van der Waals surface area contributed by atoms with Gasteiger partial charge in [-0.1, -0.05) is 44.2 Å². The van der Waals surface area contributed by atoms with Crippen LogP contribution in [0.3, 0.4) is 0 Å². The van der Waals surface area contributed by atoms with Crippen molar-refractivity contribution in [3.05, 3.63) is 35.9 Å². The van der Waals surface area contributed by atoms with Crippen LogP contribution >= 0.6 is 0 Å². The quantitative estimate of drug-likeness (QED) is 0.840. The van der Waals surface area contributed by atoms with Crippen LogP contribution in [0.25, 0.3) is 0 Å². The number of piperazine rings is 1. The van der Waals surface area contributed by atoms with Gasteiger partial charge in [0.15, 0.2) is 0 Å². The summed E-state index contributed by atoms with van der Waals surface area (Å²) >= 11 is 0. The highest BCUT2D eigenvalue weighted by atomic mass is 16.2. The zero-order valence-electron chi connectivity index (χ0n) is 14.6. The third-order valence-corrected chi connectivity index (χ3v) is 4.54. The molecule has 1 atom stereocenters. The van der Waals surface area contributed by atoms with Gasteiger partial charge in [-0.15, -0.1) is 0 Å². The molecule has 1 aliphatic rings. The number of nitrogens with one attached hydrogen (secondary N) is 2. The Kier molecular flexibility index (Phi) is 6.86. The minimum Gasteiger partial charge on any atom is -0.337 e. The number of rotatable bonds is 6. The largest absolute Gasteiger partial charge is 0.337 e. The number of hydrogen-bond donors (Lipinski definition) is 2. The molecule has 1 saturated heterocycles. The lowest BCUT2D eigenvalue weighted by Crippen LogP contribution is -2.54. The second kappa shape index (κ2) is 8.89. The Morgan fingerprint density at radius 2 is 1.74 bits per heavy atom. The van der Waals surface area contributed by atoms with E-state index in [1.54, 1.807) is 0 Å². The van der Waals surface area contributed by atoms with Crippen LogP contribution < -0.4 is 10.6 Å². The molecule has 1 aromatic rings. The van der Waals surface area contributed by atoms with E-state index in [1.165, 1.54) is 0 Å². The number of urea groups is 1. The molecular weight excluding hydrogens is 288 g/mol. The van der Waals surface area contributed by atoms with Gasteiger partial charge in [-0.2, -0.15) is 0 Å². The molecule has 1 aromatic carbocycles. The summed E-state index contributed by atoms with van der Waals surface area (Å²) in [5.41, 5.74) is 1.11. The summed E-state index contributed by atoms with van der Waals surface area (Å²) in [4.78, 5) is 16.9. The highest BCUT2D eigenvalue weighted by Gasteiger charge is 2.25. The molecule has 1 fully saturated rings. The topological polar surface area (TPSA) is 47.6 Å². The van der Waals surface area contributed by atoms with Crippen LogP contribution in [0.15, 0.2) is 30.3 Å². The van der Waals surface area contributed by atoms with E-state index in [-0.39, 0.29) is 6.03 Å². The maximum atomic E-state index is 12.0. The van der Waals surface area contributed by atoms with Crippen molar-refractivity contribution >= 4 is 6.03 Å². The van der Waals surface area contributed by atoms with E-state index in [0.717, 1.165) is 31.7 Å². The molecule has 2 rings (SSSR count). The van der Waals surface area contributed by atoms with Gasteiger partial charge in [0, 0.05) is 45.3 Å². The van der Waals surface area contributed by atoms with E-state index >= 15 is 0 Å². The van der Waals surface area contributed by atoms with Crippen LogP contribution in [-0.4, -0.2) is 61.6 Å². The summed E-state index contributed by atoms with van der Waals surface area (Å²) < 4.78 is 0. The fourth-order valence-corrected chi connectivity index (χ4v) is 2.98. The second-order valence-corrected chi connectivity index (χ2v) is 6.70.